The second kappa shape index (κ2) is 9.44. The molecule has 0 saturated heterocycles. The fourth-order valence-electron chi connectivity index (χ4n) is 3.62. The summed E-state index contributed by atoms with van der Waals surface area (Å²) in [5.74, 6) is 6.79. The number of halogens is 2. The number of nitrogens with two attached hydrogens (primary N) is 1. The molecule has 0 fully saturated rings. The molecule has 7 nitrogen and oxygen atoms in total. The first kappa shape index (κ1) is 23.1. The molecule has 0 saturated carbocycles. The second-order valence-corrected chi connectivity index (χ2v) is 8.19. The van der Waals surface area contributed by atoms with Crippen LogP contribution in [0.4, 0.5) is 10.1 Å². The summed E-state index contributed by atoms with van der Waals surface area (Å²) < 4.78 is 22.4. The number of aryl methyl sites for hydroxylation is 2. The third-order valence-corrected chi connectivity index (χ3v) is 5.43. The van der Waals surface area contributed by atoms with Crippen LogP contribution in [-0.4, -0.2) is 21.3 Å². The number of benzene rings is 2. The number of nitrogens with zero attached hydrogens (tertiary/aromatic N) is 4. The molecule has 2 heterocycles. The number of ether oxygens (including phenoxy) is 1. The van der Waals surface area contributed by atoms with E-state index in [0.717, 1.165) is 22.6 Å². The molecule has 0 amide bonds. The van der Waals surface area contributed by atoms with Gasteiger partial charge in [-0.2, -0.15) is 0 Å². The van der Waals surface area contributed by atoms with Crippen molar-refractivity contribution in [2.24, 2.45) is 4.99 Å². The van der Waals surface area contributed by atoms with Crippen molar-refractivity contribution in [3.8, 4) is 22.6 Å². The maximum Gasteiger partial charge on any atom is 0.161 e. The zero-order valence-electron chi connectivity index (χ0n) is 19.0. The van der Waals surface area contributed by atoms with Crippen LogP contribution in [0, 0.1) is 19.7 Å². The van der Waals surface area contributed by atoms with Crippen LogP contribution in [0.5, 0.6) is 5.75 Å². The van der Waals surface area contributed by atoms with Crippen LogP contribution in [0.15, 0.2) is 78.6 Å². The number of aromatic nitrogens is 3. The molecule has 2 aromatic carbocycles. The van der Waals surface area contributed by atoms with E-state index < -0.39 is 5.82 Å². The van der Waals surface area contributed by atoms with E-state index in [9.17, 15) is 4.39 Å². The van der Waals surface area contributed by atoms with E-state index in [1.54, 1.807) is 25.7 Å². The highest BCUT2D eigenvalue weighted by atomic mass is 35.5. The minimum atomic E-state index is -0.421. The van der Waals surface area contributed by atoms with Gasteiger partial charge in [0, 0.05) is 35.3 Å². The number of methoxy groups -OCH3 is 1. The molecule has 0 spiro atoms. The van der Waals surface area contributed by atoms with Crippen molar-refractivity contribution >= 4 is 17.3 Å². The van der Waals surface area contributed by atoms with Gasteiger partial charge >= 0.3 is 0 Å². The molecule has 0 aliphatic heterocycles. The molecule has 34 heavy (non-hydrogen) atoms. The van der Waals surface area contributed by atoms with E-state index in [2.05, 4.69) is 21.9 Å². The van der Waals surface area contributed by atoms with Crippen LogP contribution in [0.2, 0.25) is 5.02 Å². The fourth-order valence-corrected chi connectivity index (χ4v) is 3.89. The first-order valence-electron chi connectivity index (χ1n) is 10.4. The van der Waals surface area contributed by atoms with Crippen molar-refractivity contribution in [1.82, 2.24) is 14.2 Å². The third-order valence-electron chi connectivity index (χ3n) is 5.12. The molecule has 4 rings (SSSR count). The van der Waals surface area contributed by atoms with E-state index in [1.807, 2.05) is 48.9 Å². The number of hydrogen-bond donors (Lipinski definition) is 2. The molecule has 0 aliphatic carbocycles. The molecule has 2 aromatic heterocycles. The average Bonchev–Trinajstić information content (AvgIpc) is 3.21. The number of imidazole rings is 1. The van der Waals surface area contributed by atoms with E-state index in [-0.39, 0.29) is 5.02 Å². The third kappa shape index (κ3) is 4.82. The average molecular weight is 479 g/mol. The van der Waals surface area contributed by atoms with E-state index in [0.29, 0.717) is 28.2 Å². The molecule has 9 heteroatoms. The zero-order chi connectivity index (χ0) is 24.4. The van der Waals surface area contributed by atoms with E-state index in [4.69, 9.17) is 22.2 Å². The molecule has 0 radical (unpaired) electrons. The molecule has 0 unspecified atom stereocenters. The SMILES string of the molecule is C=C(/N=c1/c(-c2ccc(F)cc2Cl)cc(C)cn1N)Nc1ccc(-n2cnc(C)c2)c(OC)c1. The zero-order valence-corrected chi connectivity index (χ0v) is 19.8. The molecular formula is C25H24ClFN6O. The molecule has 174 valence electrons. The van der Waals surface area contributed by atoms with Gasteiger partial charge in [0.1, 0.15) is 17.4 Å². The van der Waals surface area contributed by atoms with Crippen LogP contribution in [-0.2, 0) is 0 Å². The van der Waals surface area contributed by atoms with Gasteiger partial charge < -0.3 is 20.5 Å². The van der Waals surface area contributed by atoms with Crippen LogP contribution < -0.4 is 21.4 Å². The van der Waals surface area contributed by atoms with Gasteiger partial charge in [-0.05, 0) is 55.8 Å². The predicted molar refractivity (Wildman–Crippen MR) is 133 cm³/mol. The van der Waals surface area contributed by atoms with Gasteiger partial charge in [-0.1, -0.05) is 18.2 Å². The van der Waals surface area contributed by atoms with E-state index in [1.165, 1.54) is 16.8 Å². The van der Waals surface area contributed by atoms with Crippen LogP contribution in [0.3, 0.4) is 0 Å². The van der Waals surface area contributed by atoms with Crippen molar-refractivity contribution in [3.05, 3.63) is 101 Å². The predicted octanol–water partition coefficient (Wildman–Crippen LogP) is 4.96. The maximum absolute atomic E-state index is 13.6. The Labute approximate surface area is 201 Å². The summed E-state index contributed by atoms with van der Waals surface area (Å²) in [5.41, 5.74) is 5.05. The fraction of sp³-hybridized carbons (Fsp3) is 0.120. The van der Waals surface area contributed by atoms with Crippen molar-refractivity contribution < 1.29 is 9.13 Å². The monoisotopic (exact) mass is 478 g/mol. The number of rotatable bonds is 6. The summed E-state index contributed by atoms with van der Waals surface area (Å²) >= 11 is 6.32. The first-order chi connectivity index (χ1) is 16.2. The highest BCUT2D eigenvalue weighted by Crippen LogP contribution is 2.28. The largest absolute Gasteiger partial charge is 0.494 e. The minimum absolute atomic E-state index is 0.260. The normalized spacial score (nSPS) is 11.5. The number of hydrogen-bond acceptors (Lipinski definition) is 5. The van der Waals surface area contributed by atoms with Gasteiger partial charge in [0.25, 0.3) is 0 Å². The van der Waals surface area contributed by atoms with Crippen LogP contribution in [0.1, 0.15) is 11.3 Å². The Balaban J connectivity index is 1.70. The Bertz CT molecular complexity index is 1460. The van der Waals surface area contributed by atoms with Gasteiger partial charge in [-0.25, -0.2) is 14.4 Å². The lowest BCUT2D eigenvalue weighted by Gasteiger charge is -2.14. The lowest BCUT2D eigenvalue weighted by Crippen LogP contribution is -2.30. The number of anilines is 1. The van der Waals surface area contributed by atoms with Crippen molar-refractivity contribution in [1.29, 1.82) is 0 Å². The standard InChI is InChI=1S/C25H24ClFN6O/c1-15-9-21(20-7-5-18(27)10-22(20)26)25(33(28)12-15)31-17(3)30-19-6-8-23(24(11-19)34-4)32-13-16(2)29-14-32/h5-14,30H,3,28H2,1-2,4H3/b31-25-. The van der Waals surface area contributed by atoms with Gasteiger partial charge in [-0.3, -0.25) is 4.68 Å². The summed E-state index contributed by atoms with van der Waals surface area (Å²) in [6, 6.07) is 11.7. The lowest BCUT2D eigenvalue weighted by atomic mass is 10.1. The highest BCUT2D eigenvalue weighted by Gasteiger charge is 2.11. The Morgan fingerprint density at radius 3 is 2.62 bits per heavy atom. The summed E-state index contributed by atoms with van der Waals surface area (Å²) in [4.78, 5) is 8.86. The number of pyridine rings is 1. The molecule has 0 atom stereocenters. The van der Waals surface area contributed by atoms with Gasteiger partial charge in [0.05, 0.1) is 29.8 Å². The van der Waals surface area contributed by atoms with Crippen molar-refractivity contribution in [2.75, 3.05) is 18.3 Å². The van der Waals surface area contributed by atoms with Crippen LogP contribution in [0.25, 0.3) is 16.8 Å². The lowest BCUT2D eigenvalue weighted by molar-refractivity contribution is 0.413. The maximum atomic E-state index is 13.6. The highest BCUT2D eigenvalue weighted by molar-refractivity contribution is 6.33. The first-order valence-corrected chi connectivity index (χ1v) is 10.8. The Hall–Kier alpha value is -4.04. The molecule has 0 aliphatic rings. The minimum Gasteiger partial charge on any atom is -0.494 e. The second-order valence-electron chi connectivity index (χ2n) is 7.78. The van der Waals surface area contributed by atoms with Crippen molar-refractivity contribution in [2.45, 2.75) is 13.8 Å². The summed E-state index contributed by atoms with van der Waals surface area (Å²) in [7, 11) is 1.61. The van der Waals surface area contributed by atoms with Crippen molar-refractivity contribution in [3.63, 3.8) is 0 Å². The molecular weight excluding hydrogens is 455 g/mol. The summed E-state index contributed by atoms with van der Waals surface area (Å²) in [6.07, 6.45) is 5.38. The van der Waals surface area contributed by atoms with E-state index >= 15 is 0 Å². The Kier molecular flexibility index (Phi) is 6.43. The van der Waals surface area contributed by atoms with Crippen LogP contribution >= 0.6 is 11.6 Å². The Morgan fingerprint density at radius 2 is 1.94 bits per heavy atom. The molecule has 4 aromatic rings. The summed E-state index contributed by atoms with van der Waals surface area (Å²) in [5, 5.41) is 3.43. The molecule has 0 bridgehead atoms. The topological polar surface area (TPSA) is 82.4 Å². The smallest absolute Gasteiger partial charge is 0.161 e. The van der Waals surface area contributed by atoms with Gasteiger partial charge in [-0.15, -0.1) is 0 Å². The number of nitrogen functional groups attached to an aromatic ring is 1. The number of nitrogens with one attached hydrogen (secondary N) is 1. The summed E-state index contributed by atoms with van der Waals surface area (Å²) in [6.45, 7) is 7.85. The van der Waals surface area contributed by atoms with Gasteiger partial charge in [0.15, 0.2) is 5.49 Å². The Morgan fingerprint density at radius 1 is 1.15 bits per heavy atom. The van der Waals surface area contributed by atoms with Gasteiger partial charge in [0.2, 0.25) is 0 Å². The molecule has 3 N–H and O–H groups in total. The quantitative estimate of drug-likeness (QED) is 0.384.